The van der Waals surface area contributed by atoms with Crippen LogP contribution < -0.4 is 0 Å². The number of hydrogen-bond acceptors (Lipinski definition) is 3. The van der Waals surface area contributed by atoms with E-state index in [4.69, 9.17) is 0 Å². The van der Waals surface area contributed by atoms with E-state index in [0.29, 0.717) is 18.1 Å². The number of aliphatic carboxylic acids is 1. The molecule has 0 aromatic carbocycles. The van der Waals surface area contributed by atoms with Crippen molar-refractivity contribution < 1.29 is 14.7 Å². The van der Waals surface area contributed by atoms with E-state index in [1.807, 2.05) is 28.8 Å². The molecule has 0 radical (unpaired) electrons. The van der Waals surface area contributed by atoms with Crippen LogP contribution in [-0.2, 0) is 9.59 Å². The van der Waals surface area contributed by atoms with Crippen LogP contribution in [0.3, 0.4) is 0 Å². The number of likely N-dealkylation sites (tertiary alicyclic amines) is 1. The van der Waals surface area contributed by atoms with E-state index in [9.17, 15) is 14.7 Å². The van der Waals surface area contributed by atoms with E-state index in [1.54, 1.807) is 0 Å². The summed E-state index contributed by atoms with van der Waals surface area (Å²) < 4.78 is 0. The Labute approximate surface area is 118 Å². The van der Waals surface area contributed by atoms with Gasteiger partial charge in [0.25, 0.3) is 0 Å². The number of piperidine rings is 1. The first-order chi connectivity index (χ1) is 9.13. The van der Waals surface area contributed by atoms with Crippen LogP contribution in [0.15, 0.2) is 12.2 Å². The molecular weight excluding hydrogens is 262 g/mol. The Morgan fingerprint density at radius 3 is 2.26 bits per heavy atom. The second-order valence-electron chi connectivity index (χ2n) is 5.25. The monoisotopic (exact) mass is 283 g/mol. The second kappa shape index (κ2) is 6.46. The first kappa shape index (κ1) is 14.4. The average Bonchev–Trinajstić information content (AvgIpc) is 2.46. The highest BCUT2D eigenvalue weighted by molar-refractivity contribution is 7.99. The highest BCUT2D eigenvalue weighted by Gasteiger charge is 2.37. The minimum absolute atomic E-state index is 0.0382. The predicted octanol–water partition coefficient (Wildman–Crippen LogP) is 2.01. The quantitative estimate of drug-likeness (QED) is 0.805. The predicted molar refractivity (Wildman–Crippen MR) is 76.1 cm³/mol. The summed E-state index contributed by atoms with van der Waals surface area (Å²) in [7, 11) is 0. The lowest BCUT2D eigenvalue weighted by Gasteiger charge is -2.35. The molecule has 1 saturated heterocycles. The maximum absolute atomic E-state index is 12.5. The van der Waals surface area contributed by atoms with Crippen molar-refractivity contribution in [2.45, 2.75) is 30.9 Å². The highest BCUT2D eigenvalue weighted by Crippen LogP contribution is 2.29. The van der Waals surface area contributed by atoms with Crippen molar-refractivity contribution in [3.8, 4) is 0 Å². The molecule has 1 aliphatic carbocycles. The third kappa shape index (κ3) is 3.32. The number of hydrogen-bond donors (Lipinski definition) is 1. The molecule has 2 atom stereocenters. The molecule has 1 N–H and O–H groups in total. The topological polar surface area (TPSA) is 57.6 Å². The third-order valence-corrected chi connectivity index (χ3v) is 5.29. The molecule has 0 aromatic rings. The van der Waals surface area contributed by atoms with E-state index >= 15 is 0 Å². The molecule has 0 unspecified atom stereocenters. The van der Waals surface area contributed by atoms with Crippen molar-refractivity contribution in [3.63, 3.8) is 0 Å². The van der Waals surface area contributed by atoms with Crippen molar-refractivity contribution >= 4 is 23.6 Å². The van der Waals surface area contributed by atoms with Gasteiger partial charge in [-0.05, 0) is 31.9 Å². The molecule has 2 rings (SSSR count). The summed E-state index contributed by atoms with van der Waals surface area (Å²) in [4.78, 5) is 25.6. The molecule has 0 bridgehead atoms. The zero-order chi connectivity index (χ0) is 13.8. The number of amides is 1. The molecule has 5 heteroatoms. The highest BCUT2D eigenvalue weighted by atomic mass is 32.2. The zero-order valence-corrected chi connectivity index (χ0v) is 12.1. The van der Waals surface area contributed by atoms with E-state index in [1.165, 1.54) is 0 Å². The number of rotatable bonds is 3. The summed E-state index contributed by atoms with van der Waals surface area (Å²) in [6, 6.07) is 0. The first-order valence-corrected chi connectivity index (χ1v) is 8.11. The van der Waals surface area contributed by atoms with Gasteiger partial charge in [-0.1, -0.05) is 12.2 Å². The van der Waals surface area contributed by atoms with Gasteiger partial charge >= 0.3 is 5.97 Å². The van der Waals surface area contributed by atoms with Crippen LogP contribution in [0.2, 0.25) is 0 Å². The number of carbonyl (C=O) groups excluding carboxylic acids is 1. The van der Waals surface area contributed by atoms with Gasteiger partial charge in [0.15, 0.2) is 0 Å². The summed E-state index contributed by atoms with van der Waals surface area (Å²) in [6.07, 6.45) is 9.01. The van der Waals surface area contributed by atoms with Gasteiger partial charge in [-0.2, -0.15) is 11.8 Å². The smallest absolute Gasteiger partial charge is 0.307 e. The van der Waals surface area contributed by atoms with Gasteiger partial charge in [0, 0.05) is 18.3 Å². The van der Waals surface area contributed by atoms with E-state index in [0.717, 1.165) is 25.9 Å². The third-order valence-electron chi connectivity index (χ3n) is 4.15. The number of nitrogens with zero attached hydrogens (tertiary/aromatic N) is 1. The summed E-state index contributed by atoms with van der Waals surface area (Å²) in [6.45, 7) is 1.55. The van der Waals surface area contributed by atoms with Gasteiger partial charge in [0.1, 0.15) is 0 Å². The fraction of sp³-hybridized carbons (Fsp3) is 0.714. The molecule has 19 heavy (non-hydrogen) atoms. The lowest BCUT2D eigenvalue weighted by Crippen LogP contribution is -2.45. The second-order valence-corrected chi connectivity index (χ2v) is 6.39. The maximum Gasteiger partial charge on any atom is 0.307 e. The number of thioether (sulfide) groups is 1. The van der Waals surface area contributed by atoms with Gasteiger partial charge < -0.3 is 10.0 Å². The number of allylic oxidation sites excluding steroid dienone is 2. The molecule has 1 aliphatic heterocycles. The van der Waals surface area contributed by atoms with Gasteiger partial charge in [-0.15, -0.1) is 0 Å². The standard InChI is InChI=1S/C14H21NO3S/c1-19-10-6-8-15(9-7-10)13(16)11-4-2-3-5-12(11)14(17)18/h2-3,10-12H,4-9H2,1H3,(H,17,18)/t11-,12+/m1/s1. The molecule has 1 heterocycles. The Kier molecular flexibility index (Phi) is 4.91. The van der Waals surface area contributed by atoms with Crippen molar-refractivity contribution in [1.29, 1.82) is 0 Å². The van der Waals surface area contributed by atoms with E-state index < -0.39 is 11.9 Å². The average molecular weight is 283 g/mol. The summed E-state index contributed by atoms with van der Waals surface area (Å²) >= 11 is 1.86. The molecule has 106 valence electrons. The number of carbonyl (C=O) groups is 2. The van der Waals surface area contributed by atoms with Crippen LogP contribution in [-0.4, -0.2) is 46.5 Å². The largest absolute Gasteiger partial charge is 0.481 e. The van der Waals surface area contributed by atoms with Crippen LogP contribution in [0.1, 0.15) is 25.7 Å². The molecule has 4 nitrogen and oxygen atoms in total. The lowest BCUT2D eigenvalue weighted by molar-refractivity contribution is -0.151. The Bertz CT molecular complexity index is 375. The molecule has 2 aliphatic rings. The SMILES string of the molecule is CSC1CCN(C(=O)[C@@H]2CC=CC[C@@H]2C(=O)O)CC1. The molecule has 0 saturated carbocycles. The summed E-state index contributed by atoms with van der Waals surface area (Å²) in [5, 5.41) is 9.87. The van der Waals surface area contributed by atoms with Crippen molar-refractivity contribution in [1.82, 2.24) is 4.90 Å². The van der Waals surface area contributed by atoms with Crippen LogP contribution in [0, 0.1) is 11.8 Å². The van der Waals surface area contributed by atoms with Crippen LogP contribution in [0.4, 0.5) is 0 Å². The van der Waals surface area contributed by atoms with E-state index in [-0.39, 0.29) is 11.8 Å². The number of carboxylic acids is 1. The first-order valence-electron chi connectivity index (χ1n) is 6.83. The van der Waals surface area contributed by atoms with Crippen molar-refractivity contribution in [3.05, 3.63) is 12.2 Å². The van der Waals surface area contributed by atoms with Crippen molar-refractivity contribution in [2.75, 3.05) is 19.3 Å². The van der Waals surface area contributed by atoms with Crippen molar-refractivity contribution in [2.24, 2.45) is 11.8 Å². The molecule has 0 spiro atoms. The van der Waals surface area contributed by atoms with Gasteiger partial charge in [-0.3, -0.25) is 9.59 Å². The zero-order valence-electron chi connectivity index (χ0n) is 11.2. The molecular formula is C14H21NO3S. The minimum atomic E-state index is -0.846. The number of carboxylic acid groups (broad SMARTS) is 1. The van der Waals surface area contributed by atoms with Crippen LogP contribution >= 0.6 is 11.8 Å². The summed E-state index contributed by atoms with van der Waals surface area (Å²) in [5.74, 6) is -1.72. The normalized spacial score (nSPS) is 28.4. The van der Waals surface area contributed by atoms with Crippen LogP contribution in [0.5, 0.6) is 0 Å². The molecule has 1 fully saturated rings. The Morgan fingerprint density at radius 2 is 1.74 bits per heavy atom. The van der Waals surface area contributed by atoms with Crippen LogP contribution in [0.25, 0.3) is 0 Å². The Morgan fingerprint density at radius 1 is 1.16 bits per heavy atom. The molecule has 0 aromatic heterocycles. The lowest BCUT2D eigenvalue weighted by atomic mass is 9.82. The van der Waals surface area contributed by atoms with Gasteiger partial charge in [0.2, 0.25) is 5.91 Å². The fourth-order valence-corrected chi connectivity index (χ4v) is 3.59. The minimum Gasteiger partial charge on any atom is -0.481 e. The maximum atomic E-state index is 12.5. The van der Waals surface area contributed by atoms with Gasteiger partial charge in [-0.25, -0.2) is 0 Å². The Hall–Kier alpha value is -0.970. The van der Waals surface area contributed by atoms with E-state index in [2.05, 4.69) is 6.26 Å². The Balaban J connectivity index is 1.98. The van der Waals surface area contributed by atoms with Gasteiger partial charge in [0.05, 0.1) is 11.8 Å². The fourth-order valence-electron chi connectivity index (χ4n) is 2.91. The summed E-state index contributed by atoms with van der Waals surface area (Å²) in [5.41, 5.74) is 0. The molecule has 1 amide bonds.